The van der Waals surface area contributed by atoms with E-state index in [4.69, 9.17) is 11.6 Å². The lowest BCUT2D eigenvalue weighted by Crippen LogP contribution is -2.45. The quantitative estimate of drug-likeness (QED) is 0.731. The van der Waals surface area contributed by atoms with Crippen molar-refractivity contribution in [1.29, 1.82) is 0 Å². The van der Waals surface area contributed by atoms with Gasteiger partial charge in [-0.25, -0.2) is 8.78 Å². The van der Waals surface area contributed by atoms with Gasteiger partial charge in [0, 0.05) is 5.02 Å². The fourth-order valence-electron chi connectivity index (χ4n) is 1.98. The summed E-state index contributed by atoms with van der Waals surface area (Å²) in [7, 11) is 0. The van der Waals surface area contributed by atoms with Crippen LogP contribution < -0.4 is 10.6 Å². The Morgan fingerprint density at radius 2 is 1.74 bits per heavy atom. The SMILES string of the molecule is CC(C)(C)CC(CO)NC(=O)C(=O)Nc1c(F)cc(Cl)cc1F. The number of anilines is 1. The van der Waals surface area contributed by atoms with Crippen molar-refractivity contribution in [1.82, 2.24) is 5.32 Å². The molecule has 0 saturated heterocycles. The first-order chi connectivity index (χ1) is 10.5. The third kappa shape index (κ3) is 6.11. The Morgan fingerprint density at radius 1 is 1.22 bits per heavy atom. The van der Waals surface area contributed by atoms with Gasteiger partial charge in [-0.3, -0.25) is 9.59 Å². The average Bonchev–Trinajstić information content (AvgIpc) is 2.40. The molecule has 0 aliphatic heterocycles. The molecule has 0 aliphatic rings. The normalized spacial score (nSPS) is 12.7. The summed E-state index contributed by atoms with van der Waals surface area (Å²) in [6.07, 6.45) is 0.423. The van der Waals surface area contributed by atoms with E-state index in [0.717, 1.165) is 12.1 Å². The average molecular weight is 349 g/mol. The molecular formula is C15H19ClF2N2O3. The third-order valence-corrected chi connectivity index (χ3v) is 3.08. The number of carbonyl (C=O) groups is 2. The van der Waals surface area contributed by atoms with Gasteiger partial charge in [-0.15, -0.1) is 0 Å². The van der Waals surface area contributed by atoms with Crippen LogP contribution in [0, 0.1) is 17.0 Å². The Bertz CT molecular complexity index is 580. The summed E-state index contributed by atoms with van der Waals surface area (Å²) < 4.78 is 27.2. The third-order valence-electron chi connectivity index (χ3n) is 2.87. The van der Waals surface area contributed by atoms with Crippen molar-refractivity contribution in [2.45, 2.75) is 33.2 Å². The zero-order valence-electron chi connectivity index (χ0n) is 13.0. The van der Waals surface area contributed by atoms with Crippen molar-refractivity contribution in [3.8, 4) is 0 Å². The van der Waals surface area contributed by atoms with Gasteiger partial charge >= 0.3 is 11.8 Å². The van der Waals surface area contributed by atoms with Gasteiger partial charge in [0.05, 0.1) is 12.6 Å². The standard InChI is InChI=1S/C15H19ClF2N2O3/c1-15(2,3)6-9(7-21)19-13(22)14(23)20-12-10(17)4-8(16)5-11(12)18/h4-5,9,21H,6-7H2,1-3H3,(H,19,22)(H,20,23). The number of hydrogen-bond acceptors (Lipinski definition) is 3. The van der Waals surface area contributed by atoms with Gasteiger partial charge in [0.2, 0.25) is 0 Å². The summed E-state index contributed by atoms with van der Waals surface area (Å²) in [5, 5.41) is 13.3. The first kappa shape index (κ1) is 19.3. The summed E-state index contributed by atoms with van der Waals surface area (Å²) in [5.74, 6) is -4.52. The number of aliphatic hydroxyl groups is 1. The molecule has 1 atom stereocenters. The van der Waals surface area contributed by atoms with Crippen molar-refractivity contribution < 1.29 is 23.5 Å². The predicted molar refractivity (Wildman–Crippen MR) is 83.1 cm³/mol. The molecule has 0 bridgehead atoms. The molecule has 0 radical (unpaired) electrons. The summed E-state index contributed by atoms with van der Waals surface area (Å²) in [4.78, 5) is 23.5. The first-order valence-corrected chi connectivity index (χ1v) is 7.28. The molecule has 8 heteroatoms. The van der Waals surface area contributed by atoms with Gasteiger partial charge in [0.25, 0.3) is 0 Å². The highest BCUT2D eigenvalue weighted by Gasteiger charge is 2.24. The number of aliphatic hydroxyl groups excluding tert-OH is 1. The lowest BCUT2D eigenvalue weighted by molar-refractivity contribution is -0.137. The second kappa shape index (κ2) is 7.70. The zero-order valence-corrected chi connectivity index (χ0v) is 13.8. The molecule has 1 aromatic carbocycles. The van der Waals surface area contributed by atoms with Gasteiger partial charge < -0.3 is 15.7 Å². The Hall–Kier alpha value is -1.73. The number of halogens is 3. The van der Waals surface area contributed by atoms with Gasteiger partial charge in [0.15, 0.2) is 11.6 Å². The van der Waals surface area contributed by atoms with Crippen LogP contribution >= 0.6 is 11.6 Å². The Balaban J connectivity index is 2.76. The summed E-state index contributed by atoms with van der Waals surface area (Å²) in [5.41, 5.74) is -0.947. The van der Waals surface area contributed by atoms with Crippen molar-refractivity contribution in [3.63, 3.8) is 0 Å². The van der Waals surface area contributed by atoms with Gasteiger partial charge in [-0.2, -0.15) is 0 Å². The molecular weight excluding hydrogens is 330 g/mol. The maximum absolute atomic E-state index is 13.6. The van der Waals surface area contributed by atoms with E-state index in [1.165, 1.54) is 0 Å². The fraction of sp³-hybridized carbons (Fsp3) is 0.467. The molecule has 23 heavy (non-hydrogen) atoms. The highest BCUT2D eigenvalue weighted by Crippen LogP contribution is 2.23. The number of carbonyl (C=O) groups excluding carboxylic acids is 2. The Kier molecular flexibility index (Phi) is 6.47. The highest BCUT2D eigenvalue weighted by atomic mass is 35.5. The van der Waals surface area contributed by atoms with E-state index >= 15 is 0 Å². The lowest BCUT2D eigenvalue weighted by atomic mass is 9.88. The van der Waals surface area contributed by atoms with E-state index in [1.54, 1.807) is 0 Å². The Morgan fingerprint density at radius 3 is 2.17 bits per heavy atom. The summed E-state index contributed by atoms with van der Waals surface area (Å²) in [6, 6.07) is 0.982. The molecule has 3 N–H and O–H groups in total. The minimum atomic E-state index is -1.24. The van der Waals surface area contributed by atoms with Crippen LogP contribution in [0.4, 0.5) is 14.5 Å². The van der Waals surface area contributed by atoms with Gasteiger partial charge in [-0.1, -0.05) is 32.4 Å². The van der Waals surface area contributed by atoms with E-state index in [0.29, 0.717) is 6.42 Å². The van der Waals surface area contributed by atoms with Crippen LogP contribution in [0.15, 0.2) is 12.1 Å². The molecule has 0 aliphatic carbocycles. The number of amides is 2. The van der Waals surface area contributed by atoms with Crippen LogP contribution in [0.2, 0.25) is 5.02 Å². The lowest BCUT2D eigenvalue weighted by Gasteiger charge is -2.25. The van der Waals surface area contributed by atoms with Crippen LogP contribution in [-0.4, -0.2) is 29.6 Å². The second-order valence-electron chi connectivity index (χ2n) is 6.32. The molecule has 1 aromatic rings. The van der Waals surface area contributed by atoms with Crippen LogP contribution in [0.5, 0.6) is 0 Å². The van der Waals surface area contributed by atoms with E-state index in [-0.39, 0.29) is 17.0 Å². The first-order valence-electron chi connectivity index (χ1n) is 6.90. The second-order valence-corrected chi connectivity index (χ2v) is 6.75. The zero-order chi connectivity index (χ0) is 17.8. The molecule has 1 unspecified atom stereocenters. The minimum Gasteiger partial charge on any atom is -0.394 e. The predicted octanol–water partition coefficient (Wildman–Crippen LogP) is 2.47. The van der Waals surface area contributed by atoms with Gasteiger partial charge in [0.1, 0.15) is 5.69 Å². The molecule has 0 fully saturated rings. The smallest absolute Gasteiger partial charge is 0.313 e. The van der Waals surface area contributed by atoms with Crippen LogP contribution in [0.3, 0.4) is 0 Å². The highest BCUT2D eigenvalue weighted by molar-refractivity contribution is 6.39. The number of benzene rings is 1. The fourth-order valence-corrected chi connectivity index (χ4v) is 2.17. The Labute approximate surface area is 138 Å². The van der Waals surface area contributed by atoms with Crippen LogP contribution in [-0.2, 0) is 9.59 Å². The maximum atomic E-state index is 13.6. The van der Waals surface area contributed by atoms with Crippen molar-refractivity contribution in [2.24, 2.45) is 5.41 Å². The topological polar surface area (TPSA) is 78.4 Å². The van der Waals surface area contributed by atoms with Gasteiger partial charge in [-0.05, 0) is 24.0 Å². The van der Waals surface area contributed by atoms with Crippen molar-refractivity contribution in [2.75, 3.05) is 11.9 Å². The largest absolute Gasteiger partial charge is 0.394 e. The summed E-state index contributed by atoms with van der Waals surface area (Å²) in [6.45, 7) is 5.35. The van der Waals surface area contributed by atoms with Crippen LogP contribution in [0.1, 0.15) is 27.2 Å². The molecule has 0 saturated carbocycles. The summed E-state index contributed by atoms with van der Waals surface area (Å²) >= 11 is 5.47. The molecule has 128 valence electrons. The monoisotopic (exact) mass is 348 g/mol. The van der Waals surface area contributed by atoms with E-state index < -0.39 is 35.2 Å². The number of nitrogens with one attached hydrogen (secondary N) is 2. The van der Waals surface area contributed by atoms with Crippen LogP contribution in [0.25, 0.3) is 0 Å². The molecule has 0 aromatic heterocycles. The minimum absolute atomic E-state index is 0.173. The van der Waals surface area contributed by atoms with E-state index in [1.807, 2.05) is 26.1 Å². The maximum Gasteiger partial charge on any atom is 0.313 e. The molecule has 0 heterocycles. The molecule has 5 nitrogen and oxygen atoms in total. The van der Waals surface area contributed by atoms with E-state index in [2.05, 4.69) is 5.32 Å². The van der Waals surface area contributed by atoms with Crippen molar-refractivity contribution >= 4 is 29.1 Å². The number of hydrogen-bond donors (Lipinski definition) is 3. The van der Waals surface area contributed by atoms with Crippen molar-refractivity contribution in [3.05, 3.63) is 28.8 Å². The number of rotatable bonds is 4. The van der Waals surface area contributed by atoms with E-state index in [9.17, 15) is 23.5 Å². The molecule has 0 spiro atoms. The molecule has 2 amide bonds. The molecule has 1 rings (SSSR count).